The number of ether oxygens (including phenoxy) is 2. The molecule has 1 fully saturated rings. The van der Waals surface area contributed by atoms with Crippen LogP contribution in [-0.2, 0) is 13.1 Å². The number of nitrogens with one attached hydrogen (secondary N) is 2. The molecule has 0 spiro atoms. The van der Waals surface area contributed by atoms with E-state index >= 15 is 0 Å². The lowest BCUT2D eigenvalue weighted by Gasteiger charge is -2.19. The van der Waals surface area contributed by atoms with Crippen molar-refractivity contribution >= 4 is 5.96 Å². The molecule has 1 aliphatic heterocycles. The van der Waals surface area contributed by atoms with Crippen LogP contribution in [0.25, 0.3) is 0 Å². The van der Waals surface area contributed by atoms with Crippen LogP contribution in [0.1, 0.15) is 23.1 Å². The molecule has 1 heterocycles. The number of likely N-dealkylation sites (tertiary alicyclic amines) is 1. The van der Waals surface area contributed by atoms with E-state index in [1.807, 2.05) is 30.3 Å². The van der Waals surface area contributed by atoms with Gasteiger partial charge in [0.2, 0.25) is 0 Å². The van der Waals surface area contributed by atoms with E-state index < -0.39 is 0 Å². The molecule has 0 bridgehead atoms. The quantitative estimate of drug-likeness (QED) is 0.542. The van der Waals surface area contributed by atoms with Gasteiger partial charge in [-0.3, -0.25) is 9.89 Å². The van der Waals surface area contributed by atoms with Crippen molar-refractivity contribution < 1.29 is 9.47 Å². The van der Waals surface area contributed by atoms with Crippen molar-refractivity contribution in [3.8, 4) is 17.6 Å². The summed E-state index contributed by atoms with van der Waals surface area (Å²) in [5.41, 5.74) is 2.89. The molecule has 0 radical (unpaired) electrons. The predicted molar refractivity (Wildman–Crippen MR) is 118 cm³/mol. The van der Waals surface area contributed by atoms with Crippen LogP contribution in [-0.4, -0.2) is 51.3 Å². The Bertz CT molecular complexity index is 900. The molecule has 2 aromatic carbocycles. The van der Waals surface area contributed by atoms with E-state index in [0.29, 0.717) is 18.2 Å². The van der Waals surface area contributed by atoms with Gasteiger partial charge >= 0.3 is 0 Å². The number of aliphatic imine (C=N–C) groups is 1. The van der Waals surface area contributed by atoms with Crippen molar-refractivity contribution in [2.45, 2.75) is 25.6 Å². The van der Waals surface area contributed by atoms with E-state index in [2.05, 4.69) is 38.7 Å². The average molecular weight is 408 g/mol. The van der Waals surface area contributed by atoms with E-state index in [9.17, 15) is 0 Å². The molecule has 30 heavy (non-hydrogen) atoms. The summed E-state index contributed by atoms with van der Waals surface area (Å²) in [6, 6.07) is 16.1. The first-order valence-corrected chi connectivity index (χ1v) is 10.0. The van der Waals surface area contributed by atoms with Crippen molar-refractivity contribution in [1.82, 2.24) is 15.5 Å². The number of rotatable bonds is 7. The van der Waals surface area contributed by atoms with Gasteiger partial charge in [0.15, 0.2) is 5.96 Å². The number of hydrogen-bond acceptors (Lipinski definition) is 5. The fraction of sp³-hybridized carbons (Fsp3) is 0.391. The number of nitrogens with zero attached hydrogens (tertiary/aromatic N) is 3. The zero-order valence-electron chi connectivity index (χ0n) is 17.8. The number of nitriles is 1. The molecule has 0 amide bonds. The molecular formula is C23H29N5O2. The highest BCUT2D eigenvalue weighted by atomic mass is 16.5. The van der Waals surface area contributed by atoms with Crippen LogP contribution in [0.5, 0.6) is 11.5 Å². The number of hydrogen-bond donors (Lipinski definition) is 2. The van der Waals surface area contributed by atoms with Crippen molar-refractivity contribution in [1.29, 1.82) is 5.26 Å². The van der Waals surface area contributed by atoms with E-state index in [1.54, 1.807) is 21.3 Å². The smallest absolute Gasteiger partial charge is 0.191 e. The second-order valence-corrected chi connectivity index (χ2v) is 7.32. The van der Waals surface area contributed by atoms with Gasteiger partial charge in [0.05, 0.1) is 25.9 Å². The lowest BCUT2D eigenvalue weighted by molar-refractivity contribution is 0.321. The van der Waals surface area contributed by atoms with Crippen molar-refractivity contribution in [3.05, 3.63) is 59.2 Å². The average Bonchev–Trinajstić information content (AvgIpc) is 3.22. The van der Waals surface area contributed by atoms with Gasteiger partial charge in [-0.25, -0.2) is 0 Å². The number of methoxy groups -OCH3 is 2. The number of benzene rings is 2. The molecule has 1 aliphatic rings. The molecule has 0 aliphatic carbocycles. The third-order valence-corrected chi connectivity index (χ3v) is 5.17. The molecule has 2 aromatic rings. The molecule has 1 saturated heterocycles. The van der Waals surface area contributed by atoms with Crippen LogP contribution in [0.15, 0.2) is 47.5 Å². The van der Waals surface area contributed by atoms with Crippen LogP contribution < -0.4 is 20.1 Å². The fourth-order valence-corrected chi connectivity index (χ4v) is 3.63. The summed E-state index contributed by atoms with van der Waals surface area (Å²) in [6.45, 7) is 3.41. The Labute approximate surface area is 178 Å². The monoisotopic (exact) mass is 407 g/mol. The molecule has 7 nitrogen and oxygen atoms in total. The van der Waals surface area contributed by atoms with Gasteiger partial charge in [0.1, 0.15) is 11.5 Å². The summed E-state index contributed by atoms with van der Waals surface area (Å²) < 4.78 is 10.8. The van der Waals surface area contributed by atoms with E-state index in [4.69, 9.17) is 14.7 Å². The van der Waals surface area contributed by atoms with Crippen LogP contribution in [0, 0.1) is 11.3 Å². The van der Waals surface area contributed by atoms with Crippen LogP contribution in [0.2, 0.25) is 0 Å². The zero-order valence-corrected chi connectivity index (χ0v) is 17.8. The van der Waals surface area contributed by atoms with Gasteiger partial charge in [-0.1, -0.05) is 12.1 Å². The van der Waals surface area contributed by atoms with Crippen molar-refractivity contribution in [2.24, 2.45) is 4.99 Å². The molecule has 2 N–H and O–H groups in total. The Morgan fingerprint density at radius 2 is 1.93 bits per heavy atom. The maximum Gasteiger partial charge on any atom is 0.191 e. The minimum absolute atomic E-state index is 0.328. The standard InChI is InChI=1S/C23H29N5O2/c1-25-23(26-14-18-6-4-5-17(9-18)13-24)27-20-7-8-28(16-20)15-19-10-21(29-2)12-22(11-19)30-3/h4-6,9-12,20H,7-8,14-16H2,1-3H3,(H2,25,26,27). The Morgan fingerprint density at radius 3 is 2.60 bits per heavy atom. The third kappa shape index (κ3) is 5.88. The molecule has 1 unspecified atom stereocenters. The highest BCUT2D eigenvalue weighted by Gasteiger charge is 2.23. The normalized spacial score (nSPS) is 16.7. The van der Waals surface area contributed by atoms with Crippen LogP contribution in [0.3, 0.4) is 0 Å². The van der Waals surface area contributed by atoms with Crippen LogP contribution in [0.4, 0.5) is 0 Å². The minimum atomic E-state index is 0.328. The molecule has 1 atom stereocenters. The van der Waals surface area contributed by atoms with Gasteiger partial charge in [-0.15, -0.1) is 0 Å². The largest absolute Gasteiger partial charge is 0.497 e. The zero-order chi connectivity index (χ0) is 21.3. The van der Waals surface area contributed by atoms with Gasteiger partial charge in [0.25, 0.3) is 0 Å². The van der Waals surface area contributed by atoms with Gasteiger partial charge in [-0.2, -0.15) is 5.26 Å². The Morgan fingerprint density at radius 1 is 1.17 bits per heavy atom. The molecule has 7 heteroatoms. The maximum absolute atomic E-state index is 9.04. The summed E-state index contributed by atoms with van der Waals surface area (Å²) >= 11 is 0. The van der Waals surface area contributed by atoms with Crippen molar-refractivity contribution in [3.63, 3.8) is 0 Å². The first-order chi connectivity index (χ1) is 14.6. The molecule has 0 saturated carbocycles. The Balaban J connectivity index is 1.51. The van der Waals surface area contributed by atoms with Crippen molar-refractivity contribution in [2.75, 3.05) is 34.4 Å². The van der Waals surface area contributed by atoms with Gasteiger partial charge in [0, 0.05) is 45.3 Å². The summed E-state index contributed by atoms with van der Waals surface area (Å²) in [5, 5.41) is 15.9. The lowest BCUT2D eigenvalue weighted by Crippen LogP contribution is -2.44. The van der Waals surface area contributed by atoms with E-state index in [1.165, 1.54) is 5.56 Å². The molecule has 3 rings (SSSR count). The topological polar surface area (TPSA) is 81.9 Å². The summed E-state index contributed by atoms with van der Waals surface area (Å²) in [5.74, 6) is 2.39. The Kier molecular flexibility index (Phi) is 7.52. The van der Waals surface area contributed by atoms with Gasteiger partial charge in [-0.05, 0) is 41.8 Å². The predicted octanol–water partition coefficient (Wildman–Crippen LogP) is 2.51. The summed E-state index contributed by atoms with van der Waals surface area (Å²) in [7, 11) is 5.11. The second kappa shape index (κ2) is 10.5. The lowest BCUT2D eigenvalue weighted by atomic mass is 10.1. The van der Waals surface area contributed by atoms with E-state index in [0.717, 1.165) is 49.1 Å². The van der Waals surface area contributed by atoms with E-state index in [-0.39, 0.29) is 0 Å². The van der Waals surface area contributed by atoms with Crippen LogP contribution >= 0.6 is 0 Å². The first-order valence-electron chi connectivity index (χ1n) is 10.0. The second-order valence-electron chi connectivity index (χ2n) is 7.32. The fourth-order valence-electron chi connectivity index (χ4n) is 3.63. The third-order valence-electron chi connectivity index (χ3n) is 5.17. The maximum atomic E-state index is 9.04. The Hall–Kier alpha value is -3.24. The SMILES string of the molecule is CN=C(NCc1cccc(C#N)c1)NC1CCN(Cc2cc(OC)cc(OC)c2)C1. The molecule has 0 aromatic heterocycles. The highest BCUT2D eigenvalue weighted by molar-refractivity contribution is 5.80. The highest BCUT2D eigenvalue weighted by Crippen LogP contribution is 2.24. The molecular weight excluding hydrogens is 378 g/mol. The minimum Gasteiger partial charge on any atom is -0.497 e. The van der Waals surface area contributed by atoms with Gasteiger partial charge < -0.3 is 20.1 Å². The summed E-state index contributed by atoms with van der Waals surface area (Å²) in [4.78, 5) is 6.75. The summed E-state index contributed by atoms with van der Waals surface area (Å²) in [6.07, 6.45) is 1.05. The first kappa shape index (κ1) is 21.5. The number of guanidine groups is 1. The molecule has 158 valence electrons.